The summed E-state index contributed by atoms with van der Waals surface area (Å²) >= 11 is 0. The van der Waals surface area contributed by atoms with E-state index in [0.717, 1.165) is 12.5 Å². The Labute approximate surface area is 125 Å². The quantitative estimate of drug-likeness (QED) is 0.679. The number of ether oxygens (including phenoxy) is 1. The number of hydrogen-bond donors (Lipinski definition) is 2. The summed E-state index contributed by atoms with van der Waals surface area (Å²) in [6.07, 6.45) is 1.58. The van der Waals surface area contributed by atoms with Crippen LogP contribution in [0, 0.1) is 0 Å². The summed E-state index contributed by atoms with van der Waals surface area (Å²) < 4.78 is 31.8. The lowest BCUT2D eigenvalue weighted by atomic mass is 10.2. The second-order valence-corrected chi connectivity index (χ2v) is 6.62. The van der Waals surface area contributed by atoms with Gasteiger partial charge in [0.2, 0.25) is 10.0 Å². The number of sulfonamides is 1. The minimum absolute atomic E-state index is 0.0409. The van der Waals surface area contributed by atoms with Crippen LogP contribution in [0.25, 0.3) is 0 Å². The topological polar surface area (TPSA) is 92.7 Å². The van der Waals surface area contributed by atoms with Crippen LogP contribution < -0.4 is 4.72 Å². The highest BCUT2D eigenvalue weighted by atomic mass is 32.2. The third kappa shape index (κ3) is 6.24. The van der Waals surface area contributed by atoms with Gasteiger partial charge in [-0.05, 0) is 44.9 Å². The normalized spacial score (nSPS) is 11.8. The Morgan fingerprint density at radius 3 is 2.67 bits per heavy atom. The highest BCUT2D eigenvalue weighted by Crippen LogP contribution is 2.11. The minimum atomic E-state index is -3.67. The van der Waals surface area contributed by atoms with Crippen LogP contribution in [0.1, 0.15) is 37.0 Å². The van der Waals surface area contributed by atoms with Gasteiger partial charge < -0.3 is 9.84 Å². The molecule has 1 aromatic rings. The van der Waals surface area contributed by atoms with E-state index in [1.807, 2.05) is 13.8 Å². The van der Waals surface area contributed by atoms with Crippen molar-refractivity contribution >= 4 is 16.0 Å². The van der Waals surface area contributed by atoms with Crippen LogP contribution in [-0.4, -0.2) is 38.7 Å². The molecule has 0 atom stereocenters. The smallest absolute Gasteiger partial charge is 0.335 e. The number of nitrogens with one attached hydrogen (secondary N) is 1. The van der Waals surface area contributed by atoms with Gasteiger partial charge in [0.1, 0.15) is 0 Å². The second-order valence-electron chi connectivity index (χ2n) is 4.86. The van der Waals surface area contributed by atoms with Crippen molar-refractivity contribution in [2.75, 3.05) is 13.2 Å². The Kier molecular flexibility index (Phi) is 6.80. The molecule has 0 aromatic heterocycles. The lowest BCUT2D eigenvalue weighted by molar-refractivity contribution is 0.0696. The first-order valence-corrected chi connectivity index (χ1v) is 8.26. The molecule has 21 heavy (non-hydrogen) atoms. The summed E-state index contributed by atoms with van der Waals surface area (Å²) in [5, 5.41) is 8.86. The predicted octanol–water partition coefficient (Wildman–Crippen LogP) is 1.87. The van der Waals surface area contributed by atoms with Gasteiger partial charge in [0.05, 0.1) is 16.6 Å². The van der Waals surface area contributed by atoms with E-state index in [1.165, 1.54) is 18.2 Å². The number of benzene rings is 1. The molecular weight excluding hydrogens is 294 g/mol. The molecule has 0 unspecified atom stereocenters. The Morgan fingerprint density at radius 1 is 1.33 bits per heavy atom. The SMILES string of the molecule is CC(C)OCCCCNS(=O)(=O)c1cccc(C(=O)O)c1. The maximum absolute atomic E-state index is 12.0. The Morgan fingerprint density at radius 2 is 2.05 bits per heavy atom. The van der Waals surface area contributed by atoms with E-state index in [4.69, 9.17) is 9.84 Å². The average Bonchev–Trinajstić information content (AvgIpc) is 2.42. The number of aromatic carboxylic acids is 1. The van der Waals surface area contributed by atoms with E-state index in [9.17, 15) is 13.2 Å². The summed E-state index contributed by atoms with van der Waals surface area (Å²) in [5.74, 6) is -1.15. The van der Waals surface area contributed by atoms with Crippen molar-refractivity contribution in [1.29, 1.82) is 0 Å². The molecule has 0 fully saturated rings. The Hall–Kier alpha value is -1.44. The van der Waals surface area contributed by atoms with Crippen LogP contribution in [0.4, 0.5) is 0 Å². The van der Waals surface area contributed by atoms with E-state index in [2.05, 4.69) is 4.72 Å². The van der Waals surface area contributed by atoms with Gasteiger partial charge in [-0.2, -0.15) is 0 Å². The molecule has 1 aromatic carbocycles. The molecule has 0 amide bonds. The number of hydrogen-bond acceptors (Lipinski definition) is 4. The van der Waals surface area contributed by atoms with Gasteiger partial charge in [-0.3, -0.25) is 0 Å². The first-order chi connectivity index (χ1) is 9.83. The fourth-order valence-corrected chi connectivity index (χ4v) is 2.75. The zero-order valence-electron chi connectivity index (χ0n) is 12.2. The number of carbonyl (C=O) groups is 1. The van der Waals surface area contributed by atoms with Gasteiger partial charge in [-0.1, -0.05) is 6.07 Å². The molecule has 0 saturated heterocycles. The van der Waals surface area contributed by atoms with E-state index in [-0.39, 0.29) is 16.6 Å². The van der Waals surface area contributed by atoms with Crippen molar-refractivity contribution in [1.82, 2.24) is 4.72 Å². The van der Waals surface area contributed by atoms with Gasteiger partial charge in [0.25, 0.3) is 0 Å². The molecule has 0 aliphatic carbocycles. The minimum Gasteiger partial charge on any atom is -0.478 e. The third-order valence-corrected chi connectivity index (χ3v) is 4.16. The number of carboxylic acid groups (broad SMARTS) is 1. The first-order valence-electron chi connectivity index (χ1n) is 6.77. The van der Waals surface area contributed by atoms with Crippen molar-refractivity contribution in [2.45, 2.75) is 37.7 Å². The molecule has 0 aliphatic heterocycles. The van der Waals surface area contributed by atoms with Gasteiger partial charge >= 0.3 is 5.97 Å². The summed E-state index contributed by atoms with van der Waals surface area (Å²) in [4.78, 5) is 10.8. The summed E-state index contributed by atoms with van der Waals surface area (Å²) in [7, 11) is -3.67. The molecule has 118 valence electrons. The predicted molar refractivity (Wildman–Crippen MR) is 78.9 cm³/mol. The van der Waals surface area contributed by atoms with E-state index < -0.39 is 16.0 Å². The molecule has 0 spiro atoms. The van der Waals surface area contributed by atoms with Crippen molar-refractivity contribution in [3.05, 3.63) is 29.8 Å². The van der Waals surface area contributed by atoms with Crippen LogP contribution >= 0.6 is 0 Å². The van der Waals surface area contributed by atoms with Crippen LogP contribution in [0.2, 0.25) is 0 Å². The fraction of sp³-hybridized carbons (Fsp3) is 0.500. The van der Waals surface area contributed by atoms with Gasteiger partial charge in [-0.15, -0.1) is 0 Å². The maximum Gasteiger partial charge on any atom is 0.335 e. The van der Waals surface area contributed by atoms with E-state index in [0.29, 0.717) is 19.6 Å². The monoisotopic (exact) mass is 315 g/mol. The maximum atomic E-state index is 12.0. The first kappa shape index (κ1) is 17.6. The van der Waals surface area contributed by atoms with Crippen LogP contribution in [0.3, 0.4) is 0 Å². The fourth-order valence-electron chi connectivity index (χ4n) is 1.63. The molecule has 6 nitrogen and oxygen atoms in total. The molecule has 7 heteroatoms. The molecule has 0 aliphatic rings. The highest BCUT2D eigenvalue weighted by molar-refractivity contribution is 7.89. The van der Waals surface area contributed by atoms with Crippen LogP contribution in [-0.2, 0) is 14.8 Å². The van der Waals surface area contributed by atoms with Crippen molar-refractivity contribution < 1.29 is 23.1 Å². The van der Waals surface area contributed by atoms with Crippen LogP contribution in [0.15, 0.2) is 29.2 Å². The lowest BCUT2D eigenvalue weighted by Crippen LogP contribution is -2.25. The summed E-state index contributed by atoms with van der Waals surface area (Å²) in [6, 6.07) is 5.28. The van der Waals surface area contributed by atoms with Gasteiger partial charge in [-0.25, -0.2) is 17.9 Å². The third-order valence-electron chi connectivity index (χ3n) is 2.71. The largest absolute Gasteiger partial charge is 0.478 e. The molecule has 0 heterocycles. The molecule has 0 saturated carbocycles. The summed E-state index contributed by atoms with van der Waals surface area (Å²) in [5.41, 5.74) is -0.0526. The molecule has 0 radical (unpaired) electrons. The second kappa shape index (κ2) is 8.11. The highest BCUT2D eigenvalue weighted by Gasteiger charge is 2.15. The average molecular weight is 315 g/mol. The number of rotatable bonds is 9. The molecule has 0 bridgehead atoms. The zero-order chi connectivity index (χ0) is 15.9. The standard InChI is InChI=1S/C14H21NO5S/c1-11(2)20-9-4-3-8-15-21(18,19)13-7-5-6-12(10-13)14(16)17/h5-7,10-11,15H,3-4,8-9H2,1-2H3,(H,16,17). The Bertz CT molecular complexity index is 568. The van der Waals surface area contributed by atoms with E-state index in [1.54, 1.807) is 0 Å². The lowest BCUT2D eigenvalue weighted by Gasteiger charge is -2.09. The van der Waals surface area contributed by atoms with Gasteiger partial charge in [0.15, 0.2) is 0 Å². The summed E-state index contributed by atoms with van der Waals surface area (Å²) in [6.45, 7) is 4.77. The number of carboxylic acids is 1. The van der Waals surface area contributed by atoms with Crippen molar-refractivity contribution in [2.24, 2.45) is 0 Å². The van der Waals surface area contributed by atoms with Crippen molar-refractivity contribution in [3.8, 4) is 0 Å². The van der Waals surface area contributed by atoms with Crippen LogP contribution in [0.5, 0.6) is 0 Å². The molecule has 2 N–H and O–H groups in total. The number of unbranched alkanes of at least 4 members (excludes halogenated alkanes) is 1. The van der Waals surface area contributed by atoms with E-state index >= 15 is 0 Å². The Balaban J connectivity index is 2.50. The van der Waals surface area contributed by atoms with Gasteiger partial charge in [0, 0.05) is 13.2 Å². The zero-order valence-corrected chi connectivity index (χ0v) is 13.0. The van der Waals surface area contributed by atoms with Crippen molar-refractivity contribution in [3.63, 3.8) is 0 Å². The molecular formula is C14H21NO5S. The molecule has 1 rings (SSSR count).